The van der Waals surface area contributed by atoms with Gasteiger partial charge in [-0.3, -0.25) is 4.79 Å². The number of benzene rings is 1. The van der Waals surface area contributed by atoms with E-state index in [1.54, 1.807) is 29.7 Å². The van der Waals surface area contributed by atoms with Crippen molar-refractivity contribution in [1.29, 1.82) is 0 Å². The molecule has 0 aliphatic rings. The molecule has 24 heavy (non-hydrogen) atoms. The number of carbonyl (C=O) groups is 1. The number of rotatable bonds is 5. The topological polar surface area (TPSA) is 64.2 Å². The first-order valence-corrected chi connectivity index (χ1v) is 7.89. The summed E-state index contributed by atoms with van der Waals surface area (Å²) in [5, 5.41) is 8.31. The van der Waals surface area contributed by atoms with Crippen LogP contribution in [0.25, 0.3) is 5.69 Å². The highest BCUT2D eigenvalue weighted by Gasteiger charge is 2.22. The quantitative estimate of drug-likeness (QED) is 0.724. The van der Waals surface area contributed by atoms with Crippen LogP contribution in [0.2, 0.25) is 0 Å². The third kappa shape index (κ3) is 3.08. The van der Waals surface area contributed by atoms with Gasteiger partial charge in [0.2, 0.25) is 0 Å². The van der Waals surface area contributed by atoms with Crippen molar-refractivity contribution in [3.63, 3.8) is 0 Å². The van der Waals surface area contributed by atoms with Crippen LogP contribution in [0.5, 0.6) is 0 Å². The van der Waals surface area contributed by atoms with Gasteiger partial charge in [-0.25, -0.2) is 4.68 Å². The summed E-state index contributed by atoms with van der Waals surface area (Å²) in [5.41, 5.74) is 3.21. The zero-order valence-corrected chi connectivity index (χ0v) is 14.1. The molecule has 2 heterocycles. The lowest BCUT2D eigenvalue weighted by Crippen LogP contribution is -2.27. The fourth-order valence-electron chi connectivity index (χ4n) is 2.63. The maximum atomic E-state index is 12.7. The van der Waals surface area contributed by atoms with Crippen molar-refractivity contribution < 1.29 is 9.32 Å². The van der Waals surface area contributed by atoms with Gasteiger partial charge in [-0.2, -0.15) is 5.10 Å². The molecule has 6 heteroatoms. The van der Waals surface area contributed by atoms with E-state index in [9.17, 15) is 4.79 Å². The summed E-state index contributed by atoms with van der Waals surface area (Å²) >= 11 is 0. The first-order valence-electron chi connectivity index (χ1n) is 7.89. The first-order chi connectivity index (χ1) is 11.6. The summed E-state index contributed by atoms with van der Waals surface area (Å²) in [6.45, 7) is 4.19. The average molecular weight is 324 g/mol. The van der Waals surface area contributed by atoms with Crippen molar-refractivity contribution in [1.82, 2.24) is 19.8 Å². The number of aryl methyl sites for hydroxylation is 2. The number of para-hydroxylation sites is 1. The fraction of sp³-hybridized carbons (Fsp3) is 0.278. The second-order valence-electron chi connectivity index (χ2n) is 5.70. The van der Waals surface area contributed by atoms with E-state index in [1.165, 1.54) is 0 Å². The molecule has 0 aliphatic carbocycles. The van der Waals surface area contributed by atoms with Crippen molar-refractivity contribution in [2.45, 2.75) is 26.8 Å². The summed E-state index contributed by atoms with van der Waals surface area (Å²) in [6, 6.07) is 9.87. The van der Waals surface area contributed by atoms with Gasteiger partial charge in [-0.05, 0) is 25.5 Å². The summed E-state index contributed by atoms with van der Waals surface area (Å²) in [7, 11) is 1.77. The van der Waals surface area contributed by atoms with Crippen LogP contribution in [-0.4, -0.2) is 32.8 Å². The fourth-order valence-corrected chi connectivity index (χ4v) is 2.63. The monoisotopic (exact) mass is 324 g/mol. The van der Waals surface area contributed by atoms with Gasteiger partial charge in [0.05, 0.1) is 17.6 Å². The highest BCUT2D eigenvalue weighted by atomic mass is 16.5. The summed E-state index contributed by atoms with van der Waals surface area (Å²) in [6.07, 6.45) is 4.37. The molecule has 2 aromatic heterocycles. The average Bonchev–Trinajstić information content (AvgIpc) is 3.21. The lowest BCUT2D eigenvalue weighted by molar-refractivity contribution is 0.0782. The Morgan fingerprint density at radius 1 is 1.29 bits per heavy atom. The molecule has 0 bridgehead atoms. The van der Waals surface area contributed by atoms with Crippen LogP contribution < -0.4 is 0 Å². The van der Waals surface area contributed by atoms with Crippen LogP contribution in [0.3, 0.4) is 0 Å². The second kappa shape index (κ2) is 6.70. The maximum Gasteiger partial charge on any atom is 0.259 e. The molecule has 0 atom stereocenters. The van der Waals surface area contributed by atoms with Crippen LogP contribution in [0.1, 0.15) is 34.3 Å². The minimum absolute atomic E-state index is 0.0851. The molecule has 0 spiro atoms. The van der Waals surface area contributed by atoms with Gasteiger partial charge in [-0.1, -0.05) is 30.3 Å². The lowest BCUT2D eigenvalue weighted by atomic mass is 10.1. The number of hydrogen-bond acceptors (Lipinski definition) is 4. The van der Waals surface area contributed by atoms with E-state index in [0.717, 1.165) is 11.3 Å². The van der Waals surface area contributed by atoms with E-state index < -0.39 is 0 Å². The molecule has 0 saturated carbocycles. The van der Waals surface area contributed by atoms with Crippen molar-refractivity contribution in [2.75, 3.05) is 7.05 Å². The summed E-state index contributed by atoms with van der Waals surface area (Å²) in [5.74, 6) is 0.474. The molecule has 0 fully saturated rings. The molecule has 1 amide bonds. The first kappa shape index (κ1) is 16.0. The predicted molar refractivity (Wildman–Crippen MR) is 90.0 cm³/mol. The van der Waals surface area contributed by atoms with E-state index >= 15 is 0 Å². The van der Waals surface area contributed by atoms with Crippen LogP contribution in [0.15, 0.2) is 47.2 Å². The molecular formula is C18H20N4O2. The highest BCUT2D eigenvalue weighted by molar-refractivity contribution is 5.96. The van der Waals surface area contributed by atoms with Crippen molar-refractivity contribution >= 4 is 5.91 Å². The number of carbonyl (C=O) groups excluding carboxylic acids is 1. The largest absolute Gasteiger partial charge is 0.361 e. The van der Waals surface area contributed by atoms with Gasteiger partial charge in [0.1, 0.15) is 11.3 Å². The maximum absolute atomic E-state index is 12.7. The number of nitrogens with zero attached hydrogens (tertiary/aromatic N) is 4. The molecule has 0 radical (unpaired) electrons. The SMILES string of the molecule is CCc1noc(C)c1C(=O)N(C)Cc1cnn(-c2ccccc2)c1. The Morgan fingerprint density at radius 2 is 2.04 bits per heavy atom. The minimum Gasteiger partial charge on any atom is -0.361 e. The number of hydrogen-bond donors (Lipinski definition) is 0. The Balaban J connectivity index is 1.75. The van der Waals surface area contributed by atoms with Gasteiger partial charge >= 0.3 is 0 Å². The summed E-state index contributed by atoms with van der Waals surface area (Å²) in [4.78, 5) is 14.3. The standard InChI is InChI=1S/C18H20N4O2/c1-4-16-17(13(2)24-20-16)18(23)21(3)11-14-10-19-22(12-14)15-8-6-5-7-9-15/h5-10,12H,4,11H2,1-3H3. The number of amides is 1. The van der Waals surface area contributed by atoms with E-state index in [2.05, 4.69) is 10.3 Å². The smallest absolute Gasteiger partial charge is 0.259 e. The Morgan fingerprint density at radius 3 is 2.75 bits per heavy atom. The summed E-state index contributed by atoms with van der Waals surface area (Å²) < 4.78 is 6.96. The van der Waals surface area contributed by atoms with Crippen LogP contribution >= 0.6 is 0 Å². The zero-order chi connectivity index (χ0) is 17.1. The highest BCUT2D eigenvalue weighted by Crippen LogP contribution is 2.17. The van der Waals surface area contributed by atoms with Gasteiger partial charge in [0, 0.05) is 25.4 Å². The molecule has 3 aromatic rings. The Hall–Kier alpha value is -2.89. The predicted octanol–water partition coefficient (Wildman–Crippen LogP) is 3.00. The Labute approximate surface area is 140 Å². The van der Waals surface area contributed by atoms with E-state index in [4.69, 9.17) is 4.52 Å². The van der Waals surface area contributed by atoms with Crippen LogP contribution in [0.4, 0.5) is 0 Å². The molecule has 3 rings (SSSR count). The minimum atomic E-state index is -0.0851. The van der Waals surface area contributed by atoms with Crippen molar-refractivity contribution in [3.05, 3.63) is 65.3 Å². The zero-order valence-electron chi connectivity index (χ0n) is 14.1. The Kier molecular flexibility index (Phi) is 4.46. The van der Waals surface area contributed by atoms with Gasteiger partial charge in [-0.15, -0.1) is 0 Å². The van der Waals surface area contributed by atoms with Crippen molar-refractivity contribution in [2.24, 2.45) is 0 Å². The molecule has 0 saturated heterocycles. The lowest BCUT2D eigenvalue weighted by Gasteiger charge is -2.16. The van der Waals surface area contributed by atoms with Gasteiger partial charge < -0.3 is 9.42 Å². The molecule has 124 valence electrons. The molecule has 0 N–H and O–H groups in total. The van der Waals surface area contributed by atoms with E-state index in [0.29, 0.717) is 30.0 Å². The molecular weight excluding hydrogens is 304 g/mol. The number of aromatic nitrogens is 3. The third-order valence-corrected chi connectivity index (χ3v) is 3.91. The molecule has 0 unspecified atom stereocenters. The van der Waals surface area contributed by atoms with E-state index in [-0.39, 0.29) is 5.91 Å². The Bertz CT molecular complexity index is 836. The molecule has 1 aromatic carbocycles. The van der Waals surface area contributed by atoms with E-state index in [1.807, 2.05) is 43.5 Å². The van der Waals surface area contributed by atoms with Crippen molar-refractivity contribution in [3.8, 4) is 5.69 Å². The van der Waals surface area contributed by atoms with Crippen LogP contribution in [0, 0.1) is 6.92 Å². The molecule has 6 nitrogen and oxygen atoms in total. The normalized spacial score (nSPS) is 10.8. The second-order valence-corrected chi connectivity index (χ2v) is 5.70. The van der Waals surface area contributed by atoms with Gasteiger partial charge in [0.15, 0.2) is 0 Å². The third-order valence-electron chi connectivity index (χ3n) is 3.91. The van der Waals surface area contributed by atoms with Gasteiger partial charge in [0.25, 0.3) is 5.91 Å². The van der Waals surface area contributed by atoms with Crippen LogP contribution in [-0.2, 0) is 13.0 Å². The molecule has 0 aliphatic heterocycles.